The van der Waals surface area contributed by atoms with Crippen LogP contribution in [0.25, 0.3) is 0 Å². The van der Waals surface area contributed by atoms with Crippen molar-refractivity contribution in [3.8, 4) is 0 Å². The zero-order valence-electron chi connectivity index (χ0n) is 16.6. The number of ether oxygens (including phenoxy) is 1. The molecule has 3 rings (SSSR count). The van der Waals surface area contributed by atoms with E-state index in [9.17, 15) is 14.4 Å². The molecule has 1 aliphatic heterocycles. The van der Waals surface area contributed by atoms with Crippen LogP contribution in [0, 0.1) is 26.7 Å². The number of hydrogen-bond donors (Lipinski definition) is 1. The van der Waals surface area contributed by atoms with Gasteiger partial charge in [-0.05, 0) is 55.7 Å². The molecule has 2 aromatic carbocycles. The zero-order valence-corrected chi connectivity index (χ0v) is 17.4. The normalized spacial score (nSPS) is 16.1. The predicted octanol–water partition coefficient (Wildman–Crippen LogP) is 3.80. The number of amides is 2. The number of rotatable bonds is 5. The molecular formula is C22H23ClN2O4. The first-order chi connectivity index (χ1) is 13.7. The molecule has 1 atom stereocenters. The molecule has 0 saturated carbocycles. The van der Waals surface area contributed by atoms with E-state index in [0.717, 1.165) is 16.7 Å². The topological polar surface area (TPSA) is 75.7 Å². The van der Waals surface area contributed by atoms with Crippen LogP contribution in [0.15, 0.2) is 36.4 Å². The van der Waals surface area contributed by atoms with Gasteiger partial charge in [0.2, 0.25) is 5.91 Å². The Hall–Kier alpha value is -2.86. The third-order valence-corrected chi connectivity index (χ3v) is 5.35. The van der Waals surface area contributed by atoms with E-state index in [1.807, 2.05) is 45.0 Å². The molecule has 1 heterocycles. The van der Waals surface area contributed by atoms with Gasteiger partial charge in [0.1, 0.15) is 0 Å². The van der Waals surface area contributed by atoms with Crippen molar-refractivity contribution in [3.05, 3.63) is 58.1 Å². The van der Waals surface area contributed by atoms with E-state index in [0.29, 0.717) is 16.4 Å². The first-order valence-electron chi connectivity index (χ1n) is 9.35. The number of halogens is 1. The van der Waals surface area contributed by atoms with Gasteiger partial charge in [-0.15, -0.1) is 0 Å². The minimum absolute atomic E-state index is 0.0446. The Labute approximate surface area is 174 Å². The summed E-state index contributed by atoms with van der Waals surface area (Å²) in [5.41, 5.74) is 4.18. The average Bonchev–Trinajstić information content (AvgIpc) is 3.07. The van der Waals surface area contributed by atoms with Crippen LogP contribution in [0.4, 0.5) is 11.4 Å². The van der Waals surface area contributed by atoms with Crippen LogP contribution in [0.2, 0.25) is 5.02 Å². The van der Waals surface area contributed by atoms with Gasteiger partial charge in [-0.25, -0.2) is 0 Å². The third kappa shape index (κ3) is 4.95. The maximum atomic E-state index is 12.4. The number of esters is 1. The summed E-state index contributed by atoms with van der Waals surface area (Å²) in [6.45, 7) is 5.50. The summed E-state index contributed by atoms with van der Waals surface area (Å²) >= 11 is 6.14. The van der Waals surface area contributed by atoms with Crippen LogP contribution in [0.5, 0.6) is 0 Å². The second kappa shape index (κ2) is 8.66. The Kier molecular flexibility index (Phi) is 6.23. The minimum atomic E-state index is -0.615. The molecule has 1 aliphatic rings. The highest BCUT2D eigenvalue weighted by molar-refractivity contribution is 6.31. The molecule has 152 valence electrons. The SMILES string of the molecule is Cc1ccc(C)c(NC(=O)COC(=O)[C@H]2CC(=O)N(c3ccc(C)c(Cl)c3)C2)c1. The van der Waals surface area contributed by atoms with Crippen molar-refractivity contribution in [1.29, 1.82) is 0 Å². The second-order valence-electron chi connectivity index (χ2n) is 7.31. The summed E-state index contributed by atoms with van der Waals surface area (Å²) in [5.74, 6) is -1.77. The molecule has 2 aromatic rings. The maximum absolute atomic E-state index is 12.4. The average molecular weight is 415 g/mol. The summed E-state index contributed by atoms with van der Waals surface area (Å²) in [6.07, 6.45) is 0.0446. The molecule has 0 spiro atoms. The van der Waals surface area contributed by atoms with E-state index < -0.39 is 24.4 Å². The second-order valence-corrected chi connectivity index (χ2v) is 7.72. The van der Waals surface area contributed by atoms with E-state index in [1.54, 1.807) is 12.1 Å². The lowest BCUT2D eigenvalue weighted by molar-refractivity contribution is -0.151. The van der Waals surface area contributed by atoms with E-state index in [1.165, 1.54) is 4.90 Å². The largest absolute Gasteiger partial charge is 0.455 e. The van der Waals surface area contributed by atoms with Crippen LogP contribution < -0.4 is 10.2 Å². The molecule has 0 aromatic heterocycles. The van der Waals surface area contributed by atoms with E-state index in [-0.39, 0.29) is 18.9 Å². The number of nitrogens with zero attached hydrogens (tertiary/aromatic N) is 1. The Morgan fingerprint density at radius 2 is 1.86 bits per heavy atom. The van der Waals surface area contributed by atoms with Crippen LogP contribution in [0.3, 0.4) is 0 Å². The summed E-state index contributed by atoms with van der Waals surface area (Å²) in [6, 6.07) is 11.1. The fourth-order valence-electron chi connectivity index (χ4n) is 3.18. The lowest BCUT2D eigenvalue weighted by atomic mass is 10.1. The van der Waals surface area contributed by atoms with E-state index in [4.69, 9.17) is 16.3 Å². The van der Waals surface area contributed by atoms with Crippen molar-refractivity contribution in [1.82, 2.24) is 0 Å². The van der Waals surface area contributed by atoms with Crippen LogP contribution in [-0.2, 0) is 19.1 Å². The number of anilines is 2. The fourth-order valence-corrected chi connectivity index (χ4v) is 3.35. The monoisotopic (exact) mass is 414 g/mol. The van der Waals surface area contributed by atoms with Crippen LogP contribution >= 0.6 is 11.6 Å². The molecule has 2 amide bonds. The predicted molar refractivity (Wildman–Crippen MR) is 112 cm³/mol. The van der Waals surface area contributed by atoms with Gasteiger partial charge in [-0.2, -0.15) is 0 Å². The lowest BCUT2D eigenvalue weighted by Gasteiger charge is -2.17. The molecule has 0 aliphatic carbocycles. The quantitative estimate of drug-likeness (QED) is 0.755. The molecule has 1 saturated heterocycles. The molecule has 0 unspecified atom stereocenters. The molecule has 6 nitrogen and oxygen atoms in total. The summed E-state index contributed by atoms with van der Waals surface area (Å²) < 4.78 is 5.15. The standard InChI is InChI=1S/C22H23ClN2O4/c1-13-4-5-15(3)19(8-13)24-20(26)12-29-22(28)16-9-21(27)25(11-16)17-7-6-14(2)18(23)10-17/h4-8,10,16H,9,11-12H2,1-3H3,(H,24,26)/t16-/m0/s1. The van der Waals surface area contributed by atoms with E-state index >= 15 is 0 Å². The summed E-state index contributed by atoms with van der Waals surface area (Å²) in [4.78, 5) is 38.3. The maximum Gasteiger partial charge on any atom is 0.311 e. The van der Waals surface area contributed by atoms with Gasteiger partial charge in [0, 0.05) is 29.4 Å². The highest BCUT2D eigenvalue weighted by Gasteiger charge is 2.36. The first-order valence-corrected chi connectivity index (χ1v) is 9.72. The van der Waals surface area contributed by atoms with Crippen molar-refractivity contribution in [2.45, 2.75) is 27.2 Å². The Morgan fingerprint density at radius 3 is 2.59 bits per heavy atom. The van der Waals surface area contributed by atoms with Crippen molar-refractivity contribution < 1.29 is 19.1 Å². The van der Waals surface area contributed by atoms with Crippen molar-refractivity contribution >= 4 is 40.8 Å². The lowest BCUT2D eigenvalue weighted by Crippen LogP contribution is -2.28. The molecule has 0 radical (unpaired) electrons. The first kappa shape index (κ1) is 20.9. The van der Waals surface area contributed by atoms with Gasteiger partial charge in [0.05, 0.1) is 5.92 Å². The van der Waals surface area contributed by atoms with Crippen LogP contribution in [0.1, 0.15) is 23.1 Å². The molecule has 1 N–H and O–H groups in total. The van der Waals surface area contributed by atoms with Gasteiger partial charge < -0.3 is 15.0 Å². The molecular weight excluding hydrogens is 392 g/mol. The highest BCUT2D eigenvalue weighted by Crippen LogP contribution is 2.29. The minimum Gasteiger partial charge on any atom is -0.455 e. The van der Waals surface area contributed by atoms with Gasteiger partial charge in [-0.1, -0.05) is 29.8 Å². The number of nitrogens with one attached hydrogen (secondary N) is 1. The van der Waals surface area contributed by atoms with Gasteiger partial charge in [-0.3, -0.25) is 14.4 Å². The number of aryl methyl sites for hydroxylation is 3. The van der Waals surface area contributed by atoms with E-state index in [2.05, 4.69) is 5.32 Å². The van der Waals surface area contributed by atoms with Crippen LogP contribution in [-0.4, -0.2) is 30.9 Å². The van der Waals surface area contributed by atoms with Gasteiger partial charge in [0.15, 0.2) is 6.61 Å². The Balaban J connectivity index is 1.56. The summed E-state index contributed by atoms with van der Waals surface area (Å²) in [5, 5.41) is 3.30. The van der Waals surface area contributed by atoms with Gasteiger partial charge >= 0.3 is 5.97 Å². The molecule has 7 heteroatoms. The van der Waals surface area contributed by atoms with Crippen molar-refractivity contribution in [2.75, 3.05) is 23.4 Å². The number of benzene rings is 2. The van der Waals surface area contributed by atoms with Gasteiger partial charge in [0.25, 0.3) is 5.91 Å². The molecule has 29 heavy (non-hydrogen) atoms. The fraction of sp³-hybridized carbons (Fsp3) is 0.318. The molecule has 1 fully saturated rings. The Morgan fingerprint density at radius 1 is 1.14 bits per heavy atom. The highest BCUT2D eigenvalue weighted by atomic mass is 35.5. The number of carbonyl (C=O) groups excluding carboxylic acids is 3. The zero-order chi connectivity index (χ0) is 21.1. The Bertz CT molecular complexity index is 973. The number of hydrogen-bond acceptors (Lipinski definition) is 4. The summed E-state index contributed by atoms with van der Waals surface area (Å²) in [7, 11) is 0. The number of carbonyl (C=O) groups is 3. The van der Waals surface area contributed by atoms with Crippen molar-refractivity contribution in [3.63, 3.8) is 0 Å². The van der Waals surface area contributed by atoms with Crippen molar-refractivity contribution in [2.24, 2.45) is 5.92 Å². The smallest absolute Gasteiger partial charge is 0.311 e. The molecule has 0 bridgehead atoms. The third-order valence-electron chi connectivity index (χ3n) is 4.94.